The van der Waals surface area contributed by atoms with Gasteiger partial charge < -0.3 is 4.74 Å². The van der Waals surface area contributed by atoms with E-state index in [0.29, 0.717) is 11.7 Å². The van der Waals surface area contributed by atoms with Crippen LogP contribution in [-0.4, -0.2) is 17.9 Å². The number of benzene rings is 1. The van der Waals surface area contributed by atoms with Crippen molar-refractivity contribution in [2.75, 3.05) is 7.05 Å². The highest BCUT2D eigenvalue weighted by Gasteiger charge is 2.08. The Kier molecular flexibility index (Phi) is 4.08. The van der Waals surface area contributed by atoms with E-state index < -0.39 is 0 Å². The van der Waals surface area contributed by atoms with Crippen LogP contribution in [0.25, 0.3) is 5.76 Å². The minimum Gasteiger partial charge on any atom is -0.439 e. The summed E-state index contributed by atoms with van der Waals surface area (Å²) in [7, 11) is 1.71. The number of aliphatic imine (C=N–C) groups is 1. The van der Waals surface area contributed by atoms with E-state index in [4.69, 9.17) is 4.74 Å². The van der Waals surface area contributed by atoms with Crippen LogP contribution in [0.1, 0.15) is 16.7 Å². The van der Waals surface area contributed by atoms with E-state index in [9.17, 15) is 0 Å². The highest BCUT2D eigenvalue weighted by Crippen LogP contribution is 2.16. The normalized spacial score (nSPS) is 11.2. The summed E-state index contributed by atoms with van der Waals surface area (Å²) in [4.78, 5) is 8.15. The Labute approximate surface area is 113 Å². The van der Waals surface area contributed by atoms with E-state index in [-0.39, 0.29) is 0 Å². The monoisotopic (exact) mass is 252 g/mol. The molecule has 3 heteroatoms. The Balaban J connectivity index is 2.19. The van der Waals surface area contributed by atoms with Gasteiger partial charge in [0.25, 0.3) is 0 Å². The van der Waals surface area contributed by atoms with Crippen LogP contribution in [-0.2, 0) is 4.74 Å². The lowest BCUT2D eigenvalue weighted by molar-refractivity contribution is 0.509. The van der Waals surface area contributed by atoms with Crippen LogP contribution in [0.4, 0.5) is 0 Å². The van der Waals surface area contributed by atoms with Crippen molar-refractivity contribution in [2.45, 2.75) is 6.92 Å². The minimum atomic E-state index is 0.560. The third kappa shape index (κ3) is 3.28. The van der Waals surface area contributed by atoms with E-state index in [0.717, 1.165) is 16.7 Å². The van der Waals surface area contributed by atoms with Crippen molar-refractivity contribution >= 4 is 11.7 Å². The number of ether oxygens (including phenoxy) is 1. The van der Waals surface area contributed by atoms with Crippen molar-refractivity contribution in [3.8, 4) is 0 Å². The van der Waals surface area contributed by atoms with E-state index in [1.807, 2.05) is 43.3 Å². The lowest BCUT2D eigenvalue weighted by Gasteiger charge is -2.11. The fraction of sp³-hybridized carbons (Fsp3) is 0.125. The number of hydrogen-bond donors (Lipinski definition) is 0. The second kappa shape index (κ2) is 5.96. The Hall–Kier alpha value is -2.42. The Morgan fingerprint density at radius 1 is 1.16 bits per heavy atom. The average Bonchev–Trinajstić information content (AvgIpc) is 2.45. The molecular weight excluding hydrogens is 236 g/mol. The van der Waals surface area contributed by atoms with Crippen LogP contribution < -0.4 is 0 Å². The SMILES string of the molecule is C=C(OC(=NC)c1cccc(C)c1)c1ccncc1. The van der Waals surface area contributed by atoms with Crippen molar-refractivity contribution < 1.29 is 4.74 Å². The van der Waals surface area contributed by atoms with Crippen LogP contribution in [0.5, 0.6) is 0 Å². The van der Waals surface area contributed by atoms with Gasteiger partial charge in [-0.25, -0.2) is 0 Å². The van der Waals surface area contributed by atoms with Gasteiger partial charge in [-0.05, 0) is 31.2 Å². The average molecular weight is 252 g/mol. The zero-order valence-corrected chi connectivity index (χ0v) is 11.1. The Morgan fingerprint density at radius 3 is 2.53 bits per heavy atom. The van der Waals surface area contributed by atoms with E-state index in [1.165, 1.54) is 0 Å². The second-order valence-corrected chi connectivity index (χ2v) is 4.16. The summed E-state index contributed by atoms with van der Waals surface area (Å²) in [5.74, 6) is 1.12. The van der Waals surface area contributed by atoms with E-state index in [2.05, 4.69) is 16.6 Å². The van der Waals surface area contributed by atoms with Crippen LogP contribution in [0, 0.1) is 6.92 Å². The molecule has 0 unspecified atom stereocenters. The molecule has 0 saturated heterocycles. The van der Waals surface area contributed by atoms with Crippen LogP contribution in [0.2, 0.25) is 0 Å². The van der Waals surface area contributed by atoms with Gasteiger partial charge in [-0.3, -0.25) is 9.98 Å². The summed E-state index contributed by atoms with van der Waals surface area (Å²) in [6.45, 7) is 5.97. The van der Waals surface area contributed by atoms with Gasteiger partial charge in [0.05, 0.1) is 0 Å². The van der Waals surface area contributed by atoms with Crippen LogP contribution >= 0.6 is 0 Å². The molecule has 19 heavy (non-hydrogen) atoms. The molecule has 0 fully saturated rings. The zero-order chi connectivity index (χ0) is 13.7. The fourth-order valence-corrected chi connectivity index (χ4v) is 1.73. The molecule has 96 valence electrons. The topological polar surface area (TPSA) is 34.5 Å². The van der Waals surface area contributed by atoms with Crippen LogP contribution in [0.15, 0.2) is 60.4 Å². The summed E-state index contributed by atoms with van der Waals surface area (Å²) in [5.41, 5.74) is 3.00. The molecule has 0 spiro atoms. The van der Waals surface area contributed by atoms with E-state index in [1.54, 1.807) is 19.4 Å². The molecule has 0 aliphatic carbocycles. The maximum Gasteiger partial charge on any atom is 0.221 e. The zero-order valence-electron chi connectivity index (χ0n) is 11.1. The molecule has 2 aromatic rings. The molecule has 0 bridgehead atoms. The number of aromatic nitrogens is 1. The molecule has 3 nitrogen and oxygen atoms in total. The van der Waals surface area contributed by atoms with Crippen molar-refractivity contribution in [3.05, 3.63) is 72.1 Å². The van der Waals surface area contributed by atoms with Gasteiger partial charge >= 0.3 is 0 Å². The lowest BCUT2D eigenvalue weighted by atomic mass is 10.1. The number of rotatable bonds is 3. The molecule has 2 rings (SSSR count). The number of aryl methyl sites for hydroxylation is 1. The lowest BCUT2D eigenvalue weighted by Crippen LogP contribution is -2.06. The predicted molar refractivity (Wildman–Crippen MR) is 78.0 cm³/mol. The van der Waals surface area contributed by atoms with Gasteiger partial charge in [0.1, 0.15) is 5.76 Å². The highest BCUT2D eigenvalue weighted by atomic mass is 16.5. The predicted octanol–water partition coefficient (Wildman–Crippen LogP) is 3.45. The quantitative estimate of drug-likeness (QED) is 0.476. The summed E-state index contributed by atoms with van der Waals surface area (Å²) in [6, 6.07) is 11.7. The van der Waals surface area contributed by atoms with Crippen molar-refractivity contribution in [3.63, 3.8) is 0 Å². The van der Waals surface area contributed by atoms with Gasteiger partial charge in [0, 0.05) is 30.6 Å². The first kappa shape index (κ1) is 13.0. The number of pyridine rings is 1. The first-order chi connectivity index (χ1) is 9.20. The fourth-order valence-electron chi connectivity index (χ4n) is 1.73. The van der Waals surface area contributed by atoms with Crippen molar-refractivity contribution in [1.82, 2.24) is 4.98 Å². The van der Waals surface area contributed by atoms with Crippen molar-refractivity contribution in [1.29, 1.82) is 0 Å². The summed E-state index contributed by atoms with van der Waals surface area (Å²) in [6.07, 6.45) is 3.42. The van der Waals surface area contributed by atoms with Gasteiger partial charge in [-0.15, -0.1) is 0 Å². The number of hydrogen-bond acceptors (Lipinski definition) is 3. The third-order valence-electron chi connectivity index (χ3n) is 2.69. The molecule has 0 N–H and O–H groups in total. The molecule has 0 aliphatic heterocycles. The molecule has 1 aromatic carbocycles. The molecule has 0 amide bonds. The molecule has 1 heterocycles. The first-order valence-corrected chi connectivity index (χ1v) is 6.01. The smallest absolute Gasteiger partial charge is 0.221 e. The maximum absolute atomic E-state index is 5.75. The standard InChI is InChI=1S/C16H16N2O/c1-12-5-4-6-15(11-12)16(17-3)19-13(2)14-7-9-18-10-8-14/h4-11H,2H2,1,3H3. The van der Waals surface area contributed by atoms with Gasteiger partial charge in [-0.2, -0.15) is 0 Å². The molecule has 0 atom stereocenters. The first-order valence-electron chi connectivity index (χ1n) is 6.01. The summed E-state index contributed by atoms with van der Waals surface area (Å²) in [5, 5.41) is 0. The van der Waals surface area contributed by atoms with Gasteiger partial charge in [0.15, 0.2) is 0 Å². The van der Waals surface area contributed by atoms with Crippen LogP contribution in [0.3, 0.4) is 0 Å². The summed E-state index contributed by atoms with van der Waals surface area (Å²) >= 11 is 0. The molecule has 1 aromatic heterocycles. The van der Waals surface area contributed by atoms with Gasteiger partial charge in [-0.1, -0.05) is 24.3 Å². The Morgan fingerprint density at radius 2 is 1.89 bits per heavy atom. The molecule has 0 saturated carbocycles. The highest BCUT2D eigenvalue weighted by molar-refractivity contribution is 5.97. The molecular formula is C16H16N2O. The third-order valence-corrected chi connectivity index (χ3v) is 2.69. The molecule has 0 radical (unpaired) electrons. The Bertz CT molecular complexity index is 603. The van der Waals surface area contributed by atoms with Crippen molar-refractivity contribution in [2.24, 2.45) is 4.99 Å². The molecule has 0 aliphatic rings. The number of nitrogens with zero attached hydrogens (tertiary/aromatic N) is 2. The minimum absolute atomic E-state index is 0.560. The van der Waals surface area contributed by atoms with Gasteiger partial charge in [0.2, 0.25) is 5.90 Å². The largest absolute Gasteiger partial charge is 0.439 e. The maximum atomic E-state index is 5.75. The second-order valence-electron chi connectivity index (χ2n) is 4.16. The van der Waals surface area contributed by atoms with E-state index >= 15 is 0 Å². The summed E-state index contributed by atoms with van der Waals surface area (Å²) < 4.78 is 5.75.